The molecule has 1 saturated carbocycles. The van der Waals surface area contributed by atoms with E-state index in [0.29, 0.717) is 5.92 Å². The highest BCUT2D eigenvalue weighted by atomic mass is 19.4. The predicted molar refractivity (Wildman–Crippen MR) is 68.4 cm³/mol. The van der Waals surface area contributed by atoms with Crippen LogP contribution in [0.5, 0.6) is 0 Å². The molecular weight excluding hydrogens is 271 g/mol. The second-order valence-electron chi connectivity index (χ2n) is 6.37. The normalized spacial score (nSPS) is 36.8. The van der Waals surface area contributed by atoms with E-state index < -0.39 is 17.6 Å². The minimum absolute atomic E-state index is 0.114. The fourth-order valence-electron chi connectivity index (χ4n) is 3.51. The summed E-state index contributed by atoms with van der Waals surface area (Å²) in [5.74, 6) is -1.11. The van der Waals surface area contributed by atoms with Gasteiger partial charge in [0.05, 0.1) is 0 Å². The summed E-state index contributed by atoms with van der Waals surface area (Å²) in [5, 5.41) is 9.07. The minimum Gasteiger partial charge on any atom is -0.481 e. The molecule has 0 amide bonds. The molecule has 0 bridgehead atoms. The quantitative estimate of drug-likeness (QED) is 0.794. The Balaban J connectivity index is 2.08. The third kappa shape index (κ3) is 2.80. The highest BCUT2D eigenvalue weighted by molar-refractivity contribution is 5.76. The lowest BCUT2D eigenvalue weighted by Gasteiger charge is -2.30. The fraction of sp³-hybridized carbons (Fsp3) is 0.929. The fourth-order valence-corrected chi connectivity index (χ4v) is 3.51. The second-order valence-corrected chi connectivity index (χ2v) is 6.37. The lowest BCUT2D eigenvalue weighted by molar-refractivity contribution is -0.227. The Labute approximate surface area is 117 Å². The van der Waals surface area contributed by atoms with Crippen molar-refractivity contribution in [3.8, 4) is 0 Å². The number of aliphatic carboxylic acids is 1. The number of hydrogen-bond donors (Lipinski definition) is 1. The van der Waals surface area contributed by atoms with Gasteiger partial charge in [-0.15, -0.1) is 0 Å². The summed E-state index contributed by atoms with van der Waals surface area (Å²) in [6.45, 7) is 2.03. The van der Waals surface area contributed by atoms with E-state index in [1.165, 1.54) is 0 Å². The first-order chi connectivity index (χ1) is 9.26. The summed E-state index contributed by atoms with van der Waals surface area (Å²) in [6, 6.07) is 0.114. The Kier molecular flexibility index (Phi) is 4.33. The van der Waals surface area contributed by atoms with Crippen LogP contribution < -0.4 is 0 Å². The van der Waals surface area contributed by atoms with Gasteiger partial charge in [-0.05, 0) is 38.1 Å². The van der Waals surface area contributed by atoms with Gasteiger partial charge in [0.15, 0.2) is 5.41 Å². The van der Waals surface area contributed by atoms with Crippen molar-refractivity contribution >= 4 is 5.97 Å². The predicted octanol–water partition coefficient (Wildman–Crippen LogP) is 3.29. The summed E-state index contributed by atoms with van der Waals surface area (Å²) in [4.78, 5) is 12.9. The molecule has 2 aliphatic rings. The first kappa shape index (κ1) is 15.6. The molecule has 20 heavy (non-hydrogen) atoms. The summed E-state index contributed by atoms with van der Waals surface area (Å²) in [5.41, 5.74) is -2.56. The van der Waals surface area contributed by atoms with Crippen molar-refractivity contribution in [1.29, 1.82) is 0 Å². The van der Waals surface area contributed by atoms with E-state index in [-0.39, 0.29) is 25.6 Å². The Morgan fingerprint density at radius 3 is 2.50 bits per heavy atom. The molecule has 116 valence electrons. The van der Waals surface area contributed by atoms with Crippen molar-refractivity contribution in [3.05, 3.63) is 0 Å². The zero-order chi connectivity index (χ0) is 15.0. The number of carbonyl (C=O) groups is 1. The van der Waals surface area contributed by atoms with Gasteiger partial charge in [0.2, 0.25) is 0 Å². The molecule has 1 heterocycles. The highest BCUT2D eigenvalue weighted by Crippen LogP contribution is 2.47. The average molecular weight is 293 g/mol. The van der Waals surface area contributed by atoms with E-state index in [1.807, 2.05) is 0 Å². The number of halogens is 3. The van der Waals surface area contributed by atoms with Crippen molar-refractivity contribution < 1.29 is 23.1 Å². The van der Waals surface area contributed by atoms with Gasteiger partial charge in [0.1, 0.15) is 0 Å². The van der Waals surface area contributed by atoms with Gasteiger partial charge in [-0.2, -0.15) is 13.2 Å². The van der Waals surface area contributed by atoms with E-state index in [2.05, 4.69) is 6.92 Å². The summed E-state index contributed by atoms with van der Waals surface area (Å²) >= 11 is 0. The van der Waals surface area contributed by atoms with Crippen LogP contribution in [0.4, 0.5) is 13.2 Å². The minimum atomic E-state index is -4.67. The Bertz CT molecular complexity index is 372. The van der Waals surface area contributed by atoms with Gasteiger partial charge in [0, 0.05) is 12.6 Å². The van der Waals surface area contributed by atoms with Crippen molar-refractivity contribution in [2.24, 2.45) is 11.3 Å². The van der Waals surface area contributed by atoms with Crippen LogP contribution in [0, 0.1) is 11.3 Å². The maximum Gasteiger partial charge on any atom is 0.406 e. The number of likely N-dealkylation sites (tertiary alicyclic amines) is 1. The third-order valence-corrected chi connectivity index (χ3v) is 4.99. The van der Waals surface area contributed by atoms with Crippen LogP contribution >= 0.6 is 0 Å². The van der Waals surface area contributed by atoms with E-state index in [1.54, 1.807) is 4.90 Å². The van der Waals surface area contributed by atoms with Crippen LogP contribution in [0.2, 0.25) is 0 Å². The molecule has 6 heteroatoms. The Hall–Kier alpha value is -0.780. The molecule has 1 aliphatic heterocycles. The van der Waals surface area contributed by atoms with Crippen molar-refractivity contribution in [1.82, 2.24) is 4.90 Å². The zero-order valence-electron chi connectivity index (χ0n) is 11.7. The lowest BCUT2D eigenvalue weighted by atomic mass is 9.86. The van der Waals surface area contributed by atoms with E-state index in [9.17, 15) is 18.0 Å². The molecule has 0 aromatic heterocycles. The van der Waals surface area contributed by atoms with Crippen molar-refractivity contribution in [2.75, 3.05) is 13.1 Å². The topological polar surface area (TPSA) is 40.5 Å². The molecule has 0 radical (unpaired) electrons. The summed E-state index contributed by atoms with van der Waals surface area (Å²) in [7, 11) is 0. The van der Waals surface area contributed by atoms with Gasteiger partial charge in [-0.3, -0.25) is 9.69 Å². The maximum absolute atomic E-state index is 13.1. The lowest BCUT2D eigenvalue weighted by Crippen LogP contribution is -2.48. The van der Waals surface area contributed by atoms with Gasteiger partial charge >= 0.3 is 12.1 Å². The molecule has 0 aromatic rings. The van der Waals surface area contributed by atoms with Gasteiger partial charge < -0.3 is 5.11 Å². The van der Waals surface area contributed by atoms with Crippen molar-refractivity contribution in [2.45, 2.75) is 57.7 Å². The molecule has 1 saturated heterocycles. The zero-order valence-corrected chi connectivity index (χ0v) is 11.7. The third-order valence-electron chi connectivity index (χ3n) is 4.99. The second kappa shape index (κ2) is 5.54. The van der Waals surface area contributed by atoms with Crippen LogP contribution in [0.1, 0.15) is 45.4 Å². The molecule has 1 aliphatic carbocycles. The Morgan fingerprint density at radius 2 is 1.95 bits per heavy atom. The number of carboxylic acids is 1. The molecular formula is C14H22F3NO2. The molecule has 2 rings (SSSR count). The molecule has 1 N–H and O–H groups in total. The molecule has 2 fully saturated rings. The van der Waals surface area contributed by atoms with Gasteiger partial charge in [-0.1, -0.05) is 19.8 Å². The summed E-state index contributed by atoms with van der Waals surface area (Å²) < 4.78 is 39.4. The molecule has 3 atom stereocenters. The number of rotatable bonds is 2. The SMILES string of the molecule is CC1CCCC(N2CCC(C(=O)O)(C(F)(F)F)C2)CC1. The first-order valence-electron chi connectivity index (χ1n) is 7.30. The number of hydrogen-bond acceptors (Lipinski definition) is 2. The molecule has 3 nitrogen and oxygen atoms in total. The average Bonchev–Trinajstić information content (AvgIpc) is 2.69. The highest BCUT2D eigenvalue weighted by Gasteiger charge is 2.64. The van der Waals surface area contributed by atoms with Crippen molar-refractivity contribution in [3.63, 3.8) is 0 Å². The van der Waals surface area contributed by atoms with Gasteiger partial charge in [0.25, 0.3) is 0 Å². The summed E-state index contributed by atoms with van der Waals surface area (Å²) in [6.07, 6.45) is -0.0640. The molecule has 0 aromatic carbocycles. The maximum atomic E-state index is 13.1. The standard InChI is InChI=1S/C14H22F3NO2/c1-10-3-2-4-11(6-5-10)18-8-7-13(9-18,12(19)20)14(15,16)17/h10-11H,2-9H2,1H3,(H,19,20). The van der Waals surface area contributed by atoms with Crippen LogP contribution in [0.25, 0.3) is 0 Å². The van der Waals surface area contributed by atoms with E-state index in [4.69, 9.17) is 5.11 Å². The van der Waals surface area contributed by atoms with Crippen LogP contribution in [-0.2, 0) is 4.79 Å². The number of carboxylic acid groups (broad SMARTS) is 1. The van der Waals surface area contributed by atoms with E-state index in [0.717, 1.165) is 32.1 Å². The van der Waals surface area contributed by atoms with Crippen LogP contribution in [0.15, 0.2) is 0 Å². The van der Waals surface area contributed by atoms with Crippen LogP contribution in [0.3, 0.4) is 0 Å². The van der Waals surface area contributed by atoms with Crippen LogP contribution in [-0.4, -0.2) is 41.3 Å². The van der Waals surface area contributed by atoms with Gasteiger partial charge in [-0.25, -0.2) is 0 Å². The monoisotopic (exact) mass is 293 g/mol. The number of nitrogens with zero attached hydrogens (tertiary/aromatic N) is 1. The smallest absolute Gasteiger partial charge is 0.406 e. The van der Waals surface area contributed by atoms with E-state index >= 15 is 0 Å². The Morgan fingerprint density at radius 1 is 1.25 bits per heavy atom. The number of alkyl halides is 3. The largest absolute Gasteiger partial charge is 0.481 e. The molecule has 0 spiro atoms. The first-order valence-corrected chi connectivity index (χ1v) is 7.30. The molecule has 3 unspecified atom stereocenters.